The third-order valence-electron chi connectivity index (χ3n) is 4.32. The van der Waals surface area contributed by atoms with Gasteiger partial charge in [0.2, 0.25) is 0 Å². The maximum atomic E-state index is 6.05. The molecule has 24 heavy (non-hydrogen) atoms. The van der Waals surface area contributed by atoms with Gasteiger partial charge in [0, 0.05) is 57.6 Å². The predicted octanol–water partition coefficient (Wildman–Crippen LogP) is 1.44. The number of anilines is 1. The fourth-order valence-electron chi connectivity index (χ4n) is 2.88. The van der Waals surface area contributed by atoms with Crippen LogP contribution in [0.25, 0.3) is 0 Å². The minimum Gasteiger partial charge on any atom is -0.380 e. The van der Waals surface area contributed by atoms with Crippen LogP contribution < -0.4 is 11.1 Å². The van der Waals surface area contributed by atoms with Crippen molar-refractivity contribution in [2.45, 2.75) is 13.5 Å². The largest absolute Gasteiger partial charge is 0.380 e. The van der Waals surface area contributed by atoms with Gasteiger partial charge in [-0.05, 0) is 19.0 Å². The van der Waals surface area contributed by atoms with Crippen LogP contribution in [0.15, 0.2) is 29.3 Å². The maximum Gasteiger partial charge on any atom is 0.193 e. The van der Waals surface area contributed by atoms with Crippen LogP contribution in [0.3, 0.4) is 0 Å². The summed E-state index contributed by atoms with van der Waals surface area (Å²) in [6.07, 6.45) is 0. The molecule has 0 bridgehead atoms. The van der Waals surface area contributed by atoms with Crippen molar-refractivity contribution in [3.8, 4) is 0 Å². The first-order chi connectivity index (χ1) is 11.6. The standard InChI is InChI=1S/C18H31N5O/c1-15(13-23-10-8-22(2)9-11-23)12-20-18(19)21-17-7-5-4-6-16(17)14-24-3/h4-7,15H,8-14H2,1-3H3,(H3,19,20,21). The Morgan fingerprint density at radius 3 is 2.71 bits per heavy atom. The van der Waals surface area contributed by atoms with Gasteiger partial charge in [0.1, 0.15) is 0 Å². The van der Waals surface area contributed by atoms with Crippen LogP contribution in [0.1, 0.15) is 12.5 Å². The lowest BCUT2D eigenvalue weighted by Crippen LogP contribution is -2.46. The molecule has 0 aliphatic carbocycles. The smallest absolute Gasteiger partial charge is 0.193 e. The first-order valence-corrected chi connectivity index (χ1v) is 8.63. The zero-order valence-corrected chi connectivity index (χ0v) is 15.2. The number of nitrogens with one attached hydrogen (secondary N) is 1. The number of piperazine rings is 1. The van der Waals surface area contributed by atoms with Crippen LogP contribution in [0, 0.1) is 5.92 Å². The number of hydrogen-bond donors (Lipinski definition) is 2. The van der Waals surface area contributed by atoms with Gasteiger partial charge in [-0.1, -0.05) is 25.1 Å². The number of hydrogen-bond acceptors (Lipinski definition) is 4. The lowest BCUT2D eigenvalue weighted by molar-refractivity contribution is 0.140. The van der Waals surface area contributed by atoms with Crippen molar-refractivity contribution in [1.82, 2.24) is 9.80 Å². The second kappa shape index (κ2) is 9.61. The third kappa shape index (κ3) is 6.11. The summed E-state index contributed by atoms with van der Waals surface area (Å²) in [5.41, 5.74) is 8.07. The average Bonchev–Trinajstić information content (AvgIpc) is 2.57. The molecule has 0 spiro atoms. The monoisotopic (exact) mass is 333 g/mol. The Balaban J connectivity index is 1.81. The summed E-state index contributed by atoms with van der Waals surface area (Å²) >= 11 is 0. The molecular formula is C18H31N5O. The van der Waals surface area contributed by atoms with E-state index < -0.39 is 0 Å². The van der Waals surface area contributed by atoms with E-state index in [2.05, 4.69) is 34.1 Å². The van der Waals surface area contributed by atoms with Gasteiger partial charge in [-0.25, -0.2) is 0 Å². The van der Waals surface area contributed by atoms with Crippen molar-refractivity contribution in [2.24, 2.45) is 16.6 Å². The molecule has 1 aromatic rings. The van der Waals surface area contributed by atoms with E-state index >= 15 is 0 Å². The van der Waals surface area contributed by atoms with E-state index in [9.17, 15) is 0 Å². The molecule has 1 fully saturated rings. The Labute approximate surface area is 145 Å². The Hall–Kier alpha value is -1.63. The van der Waals surface area contributed by atoms with Gasteiger partial charge in [-0.2, -0.15) is 0 Å². The second-order valence-corrected chi connectivity index (χ2v) is 6.65. The van der Waals surface area contributed by atoms with E-state index in [1.165, 1.54) is 0 Å². The number of para-hydroxylation sites is 1. The van der Waals surface area contributed by atoms with Gasteiger partial charge in [0.15, 0.2) is 5.96 Å². The van der Waals surface area contributed by atoms with Crippen LogP contribution in [-0.2, 0) is 11.3 Å². The van der Waals surface area contributed by atoms with Crippen LogP contribution in [0.5, 0.6) is 0 Å². The van der Waals surface area contributed by atoms with E-state index in [0.29, 0.717) is 18.5 Å². The van der Waals surface area contributed by atoms with E-state index in [1.54, 1.807) is 7.11 Å². The van der Waals surface area contributed by atoms with E-state index in [4.69, 9.17) is 10.5 Å². The van der Waals surface area contributed by atoms with Crippen LogP contribution in [0.2, 0.25) is 0 Å². The molecule has 1 atom stereocenters. The van der Waals surface area contributed by atoms with Crippen molar-refractivity contribution in [3.63, 3.8) is 0 Å². The summed E-state index contributed by atoms with van der Waals surface area (Å²) in [5.74, 6) is 0.951. The molecule has 0 saturated carbocycles. The van der Waals surface area contributed by atoms with Crippen LogP contribution in [0.4, 0.5) is 5.69 Å². The van der Waals surface area contributed by atoms with Gasteiger partial charge in [0.25, 0.3) is 0 Å². The summed E-state index contributed by atoms with van der Waals surface area (Å²) in [4.78, 5) is 9.39. The second-order valence-electron chi connectivity index (χ2n) is 6.65. The topological polar surface area (TPSA) is 66.1 Å². The number of ether oxygens (including phenoxy) is 1. The van der Waals surface area contributed by atoms with Gasteiger partial charge in [0.05, 0.1) is 6.61 Å². The van der Waals surface area contributed by atoms with Crippen molar-refractivity contribution in [2.75, 3.05) is 58.7 Å². The summed E-state index contributed by atoms with van der Waals surface area (Å²) in [7, 11) is 3.87. The summed E-state index contributed by atoms with van der Waals surface area (Å²) in [6, 6.07) is 7.98. The van der Waals surface area contributed by atoms with Gasteiger partial charge >= 0.3 is 0 Å². The average molecular weight is 333 g/mol. The maximum absolute atomic E-state index is 6.05. The molecule has 0 amide bonds. The highest BCUT2D eigenvalue weighted by Gasteiger charge is 2.15. The van der Waals surface area contributed by atoms with E-state index in [0.717, 1.165) is 50.5 Å². The highest BCUT2D eigenvalue weighted by molar-refractivity contribution is 5.92. The van der Waals surface area contributed by atoms with Gasteiger partial charge in [-0.3, -0.25) is 4.99 Å². The van der Waals surface area contributed by atoms with E-state index in [1.807, 2.05) is 24.3 Å². The number of guanidine groups is 1. The van der Waals surface area contributed by atoms with Crippen molar-refractivity contribution >= 4 is 11.6 Å². The summed E-state index contributed by atoms with van der Waals surface area (Å²) in [5, 5.41) is 3.19. The molecule has 1 saturated heterocycles. The number of methoxy groups -OCH3 is 1. The number of aliphatic imine (C=N–C) groups is 1. The Kier molecular flexibility index (Phi) is 7.49. The van der Waals surface area contributed by atoms with Crippen molar-refractivity contribution in [1.29, 1.82) is 0 Å². The minimum atomic E-state index is 0.462. The zero-order chi connectivity index (χ0) is 17.4. The molecular weight excluding hydrogens is 302 g/mol. The minimum absolute atomic E-state index is 0.462. The van der Waals surface area contributed by atoms with Crippen molar-refractivity contribution < 1.29 is 4.74 Å². The normalized spacial score (nSPS) is 18.5. The molecule has 1 aliphatic heterocycles. The molecule has 1 unspecified atom stereocenters. The molecule has 1 aliphatic rings. The molecule has 1 heterocycles. The van der Waals surface area contributed by atoms with Crippen molar-refractivity contribution in [3.05, 3.63) is 29.8 Å². The van der Waals surface area contributed by atoms with E-state index in [-0.39, 0.29) is 0 Å². The number of benzene rings is 1. The molecule has 6 nitrogen and oxygen atoms in total. The Morgan fingerprint density at radius 1 is 1.29 bits per heavy atom. The zero-order valence-electron chi connectivity index (χ0n) is 15.2. The lowest BCUT2D eigenvalue weighted by atomic mass is 10.1. The lowest BCUT2D eigenvalue weighted by Gasteiger charge is -2.33. The SMILES string of the molecule is COCc1ccccc1NC(N)=NCC(C)CN1CCN(C)CC1. The number of nitrogens with two attached hydrogens (primary N) is 1. The number of rotatable bonds is 7. The molecule has 3 N–H and O–H groups in total. The fourth-order valence-corrected chi connectivity index (χ4v) is 2.88. The molecule has 0 aromatic heterocycles. The van der Waals surface area contributed by atoms with Crippen LogP contribution in [-0.4, -0.2) is 69.2 Å². The third-order valence-corrected chi connectivity index (χ3v) is 4.32. The first kappa shape index (κ1) is 18.7. The number of nitrogens with zero attached hydrogens (tertiary/aromatic N) is 3. The quantitative estimate of drug-likeness (QED) is 0.584. The first-order valence-electron chi connectivity index (χ1n) is 8.63. The molecule has 134 valence electrons. The summed E-state index contributed by atoms with van der Waals surface area (Å²) < 4.78 is 5.21. The fraction of sp³-hybridized carbons (Fsp3) is 0.611. The molecule has 1 aromatic carbocycles. The highest BCUT2D eigenvalue weighted by atomic mass is 16.5. The van der Waals surface area contributed by atoms with Gasteiger partial charge in [-0.15, -0.1) is 0 Å². The molecule has 2 rings (SSSR count). The number of likely N-dealkylation sites (N-methyl/N-ethyl adjacent to an activating group) is 1. The Bertz CT molecular complexity index is 526. The summed E-state index contributed by atoms with van der Waals surface area (Å²) in [6.45, 7) is 9.17. The molecule has 6 heteroatoms. The molecule has 0 radical (unpaired) electrons. The predicted molar refractivity (Wildman–Crippen MR) is 100 cm³/mol. The highest BCUT2D eigenvalue weighted by Crippen LogP contribution is 2.15. The van der Waals surface area contributed by atoms with Crippen LogP contribution >= 0.6 is 0 Å². The van der Waals surface area contributed by atoms with Gasteiger partial charge < -0.3 is 25.6 Å². The Morgan fingerprint density at radius 2 is 2.00 bits per heavy atom.